The van der Waals surface area contributed by atoms with Crippen LogP contribution >= 0.6 is 0 Å². The summed E-state index contributed by atoms with van der Waals surface area (Å²) in [7, 11) is 0. The van der Waals surface area contributed by atoms with Crippen molar-refractivity contribution in [2.24, 2.45) is 0 Å². The number of nitrogen functional groups attached to an aromatic ring is 1. The van der Waals surface area contributed by atoms with E-state index in [1.54, 1.807) is 0 Å². The number of nitrogens with zero attached hydrogens (tertiary/aromatic N) is 6. The highest BCUT2D eigenvalue weighted by molar-refractivity contribution is 5.34. The minimum absolute atomic E-state index is 0.0659. The molecule has 2 aromatic heterocycles. The highest BCUT2D eigenvalue weighted by Crippen LogP contribution is 2.21. The zero-order valence-electron chi connectivity index (χ0n) is 10.2. The van der Waals surface area contributed by atoms with Crippen molar-refractivity contribution in [1.82, 2.24) is 29.7 Å². The molecule has 0 unspecified atom stereocenters. The average molecular weight is 288 g/mol. The molecule has 0 amide bonds. The average Bonchev–Trinajstić information content (AvgIpc) is 2.86. The second-order valence-electron chi connectivity index (χ2n) is 3.80. The largest absolute Gasteiger partial charge is 0.389 e. The fourth-order valence-electron chi connectivity index (χ4n) is 1.36. The maximum atomic E-state index is 12.0. The number of anilines is 2. The molecule has 0 aliphatic rings. The van der Waals surface area contributed by atoms with Crippen LogP contribution in [0.2, 0.25) is 0 Å². The number of aromatic nitrogens is 6. The number of alkyl halides is 3. The molecule has 11 heteroatoms. The van der Waals surface area contributed by atoms with Gasteiger partial charge in [0, 0.05) is 13.0 Å². The second-order valence-corrected chi connectivity index (χ2v) is 3.80. The minimum Gasteiger partial charge on any atom is -0.368 e. The van der Waals surface area contributed by atoms with E-state index in [4.69, 9.17) is 5.73 Å². The van der Waals surface area contributed by atoms with E-state index in [0.717, 1.165) is 0 Å². The molecule has 0 saturated carbocycles. The summed E-state index contributed by atoms with van der Waals surface area (Å²) in [5.74, 6) is 0.155. The number of nitrogens with two attached hydrogens (primary N) is 1. The van der Waals surface area contributed by atoms with Crippen LogP contribution in [-0.2, 0) is 0 Å². The maximum Gasteiger partial charge on any atom is 0.389 e. The van der Waals surface area contributed by atoms with Crippen molar-refractivity contribution in [1.29, 1.82) is 0 Å². The van der Waals surface area contributed by atoms with Gasteiger partial charge >= 0.3 is 6.18 Å². The van der Waals surface area contributed by atoms with E-state index in [9.17, 15) is 13.2 Å². The predicted molar refractivity (Wildman–Crippen MR) is 62.9 cm³/mol. The molecule has 0 radical (unpaired) electrons. The van der Waals surface area contributed by atoms with Crippen LogP contribution in [0.25, 0.3) is 5.95 Å². The summed E-state index contributed by atoms with van der Waals surface area (Å²) in [5.41, 5.74) is 5.50. The van der Waals surface area contributed by atoms with Gasteiger partial charge in [0.2, 0.25) is 11.9 Å². The van der Waals surface area contributed by atoms with Crippen LogP contribution in [0, 0.1) is 0 Å². The topological polar surface area (TPSA) is 107 Å². The molecule has 0 bridgehead atoms. The molecule has 3 N–H and O–H groups in total. The quantitative estimate of drug-likeness (QED) is 0.783. The van der Waals surface area contributed by atoms with Gasteiger partial charge in [0.1, 0.15) is 12.7 Å². The zero-order valence-corrected chi connectivity index (χ0v) is 10.2. The fourth-order valence-corrected chi connectivity index (χ4v) is 1.36. The van der Waals surface area contributed by atoms with Gasteiger partial charge in [-0.3, -0.25) is 0 Å². The smallest absolute Gasteiger partial charge is 0.368 e. The Kier molecular flexibility index (Phi) is 3.96. The predicted octanol–water partition coefficient (Wildman–Crippen LogP) is 0.789. The highest BCUT2D eigenvalue weighted by atomic mass is 19.4. The molecule has 2 rings (SSSR count). The Balaban J connectivity index is 1.98. The Morgan fingerprint density at radius 2 is 2.05 bits per heavy atom. The van der Waals surface area contributed by atoms with E-state index in [2.05, 4.69) is 30.4 Å². The van der Waals surface area contributed by atoms with Crippen molar-refractivity contribution < 1.29 is 13.2 Å². The minimum atomic E-state index is -4.17. The number of hydrogen-bond donors (Lipinski definition) is 2. The molecule has 0 aliphatic carbocycles. The summed E-state index contributed by atoms with van der Waals surface area (Å²) >= 11 is 0. The molecule has 0 aromatic carbocycles. The molecule has 0 atom stereocenters. The molecule has 8 nitrogen and oxygen atoms in total. The lowest BCUT2D eigenvalue weighted by atomic mass is 10.3. The Morgan fingerprint density at radius 3 is 2.70 bits per heavy atom. The first kappa shape index (κ1) is 14.0. The molecule has 0 saturated heterocycles. The van der Waals surface area contributed by atoms with Gasteiger partial charge in [-0.2, -0.15) is 37.9 Å². The normalized spacial score (nSPS) is 11.6. The van der Waals surface area contributed by atoms with Crippen molar-refractivity contribution >= 4 is 11.9 Å². The molecular formula is C9H11F3N8. The molecular weight excluding hydrogens is 277 g/mol. The van der Waals surface area contributed by atoms with E-state index in [1.165, 1.54) is 17.3 Å². The van der Waals surface area contributed by atoms with Gasteiger partial charge in [-0.05, 0) is 6.42 Å². The first-order valence-electron chi connectivity index (χ1n) is 5.61. The lowest BCUT2D eigenvalue weighted by Crippen LogP contribution is -2.14. The van der Waals surface area contributed by atoms with Crippen molar-refractivity contribution in [2.75, 3.05) is 17.6 Å². The standard InChI is InChI=1S/C9H11F3N8/c10-9(11,12)2-1-3-15-7-17-6(13)18-8(19-7)20-5-14-4-16-20/h4-5H,1-3H2,(H3,13,15,17,18,19). The van der Waals surface area contributed by atoms with Gasteiger partial charge in [-0.15, -0.1) is 0 Å². The van der Waals surface area contributed by atoms with Crippen LogP contribution in [0.15, 0.2) is 12.7 Å². The van der Waals surface area contributed by atoms with Gasteiger partial charge in [-0.1, -0.05) is 0 Å². The first-order valence-corrected chi connectivity index (χ1v) is 5.61. The summed E-state index contributed by atoms with van der Waals surface area (Å²) < 4.78 is 37.2. The zero-order chi connectivity index (χ0) is 14.6. The van der Waals surface area contributed by atoms with Crippen LogP contribution < -0.4 is 11.1 Å². The Morgan fingerprint density at radius 1 is 1.25 bits per heavy atom. The van der Waals surface area contributed by atoms with Gasteiger partial charge in [0.25, 0.3) is 5.95 Å². The van der Waals surface area contributed by atoms with Crippen LogP contribution in [0.3, 0.4) is 0 Å². The summed E-state index contributed by atoms with van der Waals surface area (Å²) in [6.45, 7) is 0.0692. The first-order chi connectivity index (χ1) is 9.44. The Labute approximate surface area is 111 Å². The summed E-state index contributed by atoms with van der Waals surface area (Å²) in [5, 5.41) is 6.47. The molecule has 20 heavy (non-hydrogen) atoms. The fraction of sp³-hybridized carbons (Fsp3) is 0.444. The van der Waals surface area contributed by atoms with Crippen molar-refractivity contribution in [3.05, 3.63) is 12.7 Å². The number of rotatable bonds is 5. The third-order valence-corrected chi connectivity index (χ3v) is 2.18. The van der Waals surface area contributed by atoms with Crippen molar-refractivity contribution in [2.45, 2.75) is 19.0 Å². The van der Waals surface area contributed by atoms with Gasteiger partial charge in [0.15, 0.2) is 0 Å². The van der Waals surface area contributed by atoms with Crippen LogP contribution in [-0.4, -0.2) is 42.4 Å². The summed E-state index contributed by atoms with van der Waals surface area (Å²) in [6, 6.07) is 0. The molecule has 2 aromatic rings. The SMILES string of the molecule is Nc1nc(NCCCC(F)(F)F)nc(-n2cncn2)n1. The van der Waals surface area contributed by atoms with Crippen LogP contribution in [0.1, 0.15) is 12.8 Å². The summed E-state index contributed by atoms with van der Waals surface area (Å²) in [4.78, 5) is 15.3. The molecule has 2 heterocycles. The van der Waals surface area contributed by atoms with E-state index >= 15 is 0 Å². The van der Waals surface area contributed by atoms with Gasteiger partial charge in [0.05, 0.1) is 0 Å². The number of halogens is 3. The van der Waals surface area contributed by atoms with E-state index in [1.807, 2.05) is 0 Å². The lowest BCUT2D eigenvalue weighted by Gasteiger charge is -2.08. The van der Waals surface area contributed by atoms with Crippen molar-refractivity contribution in [3.8, 4) is 5.95 Å². The van der Waals surface area contributed by atoms with Crippen molar-refractivity contribution in [3.63, 3.8) is 0 Å². The third-order valence-electron chi connectivity index (χ3n) is 2.18. The Bertz CT molecular complexity index is 553. The van der Waals surface area contributed by atoms with E-state index in [-0.39, 0.29) is 30.8 Å². The Hall–Kier alpha value is -2.46. The van der Waals surface area contributed by atoms with E-state index < -0.39 is 12.6 Å². The van der Waals surface area contributed by atoms with Gasteiger partial charge in [-0.25, -0.2) is 4.98 Å². The molecule has 108 valence electrons. The van der Waals surface area contributed by atoms with E-state index in [0.29, 0.717) is 0 Å². The maximum absolute atomic E-state index is 12.0. The van der Waals surface area contributed by atoms with Gasteiger partial charge < -0.3 is 11.1 Å². The number of nitrogens with one attached hydrogen (secondary N) is 1. The second kappa shape index (κ2) is 5.67. The monoisotopic (exact) mass is 288 g/mol. The molecule has 0 aliphatic heterocycles. The van der Waals surface area contributed by atoms with Crippen LogP contribution in [0.5, 0.6) is 0 Å². The number of hydrogen-bond acceptors (Lipinski definition) is 7. The molecule has 0 fully saturated rings. The summed E-state index contributed by atoms with van der Waals surface area (Å²) in [6.07, 6.45) is -2.49. The molecule has 0 spiro atoms. The lowest BCUT2D eigenvalue weighted by molar-refractivity contribution is -0.134. The van der Waals surface area contributed by atoms with Crippen LogP contribution in [0.4, 0.5) is 25.1 Å². The highest BCUT2D eigenvalue weighted by Gasteiger charge is 2.25. The third kappa shape index (κ3) is 4.03.